The first kappa shape index (κ1) is 49.0. The van der Waals surface area contributed by atoms with Gasteiger partial charge in [-0.05, 0) is 140 Å². The van der Waals surface area contributed by atoms with Crippen LogP contribution in [0.5, 0.6) is 0 Å². The lowest BCUT2D eigenvalue weighted by Crippen LogP contribution is -2.38. The quantitative estimate of drug-likeness (QED) is 0.0490. The molecule has 0 bridgehead atoms. The van der Waals surface area contributed by atoms with Crippen molar-refractivity contribution in [3.05, 3.63) is 56.6 Å². The molecular weight excluding hydrogens is 936 g/mol. The molecular formula is C44H63ClN12O7S2Si. The monoisotopic (exact) mass is 998 g/mol. The SMILES string of the molecule is C[Si](C)(C)CCOCn1nc(S(=O)(=O)Cl)nc1Nc1c2c(cc3c1CCC3)CCC2.NCC1CCC(=O)N1.O=C1CCC(CNS(=O)(=O)c2nc(Nc3c4c(cc5c3CCC5)CCC4)n[nH]2)N1. The predicted octanol–water partition coefficient (Wildman–Crippen LogP) is 4.55. The molecule has 2 saturated heterocycles. The number of aromatic nitrogens is 6. The zero-order chi connectivity index (χ0) is 47.5. The van der Waals surface area contributed by atoms with Gasteiger partial charge in [0.05, 0.1) is 0 Å². The fourth-order valence-electron chi connectivity index (χ4n) is 9.68. The Morgan fingerprint density at radius 1 is 0.761 bits per heavy atom. The van der Waals surface area contributed by atoms with Crippen LogP contribution in [0.1, 0.15) is 95.9 Å². The molecule has 2 amide bonds. The Kier molecular flexibility index (Phi) is 15.1. The number of benzene rings is 2. The average molecular weight is 1000 g/mol. The fourth-order valence-corrected chi connectivity index (χ4v) is 12.0. The van der Waals surface area contributed by atoms with Gasteiger partial charge in [0.2, 0.25) is 23.7 Å². The molecule has 4 aromatic rings. The number of amides is 2. The zero-order valence-corrected chi connectivity index (χ0v) is 41.9. The molecule has 4 aliphatic carbocycles. The molecule has 364 valence electrons. The third kappa shape index (κ3) is 12.1. The number of halogens is 1. The summed E-state index contributed by atoms with van der Waals surface area (Å²) in [6.07, 6.45) is 15.6. The van der Waals surface area contributed by atoms with Gasteiger partial charge in [-0.25, -0.2) is 31.3 Å². The van der Waals surface area contributed by atoms with Crippen LogP contribution in [0.4, 0.5) is 23.3 Å². The van der Waals surface area contributed by atoms with Crippen LogP contribution in [-0.2, 0) is 91.5 Å². The lowest BCUT2D eigenvalue weighted by molar-refractivity contribution is -0.120. The number of hydrogen-bond donors (Lipinski definition) is 7. The molecule has 6 aliphatic rings. The van der Waals surface area contributed by atoms with E-state index in [1.54, 1.807) is 0 Å². The first-order valence-electron chi connectivity index (χ1n) is 23.5. The number of aryl methyl sites for hydroxylation is 4. The first-order valence-corrected chi connectivity index (χ1v) is 31.0. The van der Waals surface area contributed by atoms with E-state index < -0.39 is 32.3 Å². The molecule has 19 nitrogen and oxygen atoms in total. The number of carbonyl (C=O) groups excluding carboxylic acids is 2. The summed E-state index contributed by atoms with van der Waals surface area (Å²) >= 11 is 0. The number of carbonyl (C=O) groups is 2. The van der Waals surface area contributed by atoms with Gasteiger partial charge in [-0.15, -0.1) is 10.2 Å². The lowest BCUT2D eigenvalue weighted by Gasteiger charge is -2.18. The number of aromatic amines is 1. The standard InChI is InChI=1S/C20H29ClN4O3SSi.C19H24N6O3S.C5H10N2O/c1-30(2,3)11-10-28-13-25-19(23-20(24-25)29(21,26)27)22-18-16-8-4-6-14(16)12-15-7-5-9-17(15)18;26-16-8-7-13(21-16)10-20-29(27,28)19-23-18(24-25-19)22-17-14-5-1-3-11(14)9-12-4-2-6-15(12)17;6-3-4-1-2-5(8)7-4/h12H,4-11,13H2,1-3H3,(H,22,23,24);9,13,20H,1-8,10H2,(H,21,26)(H2,22,23,24,25);4H,1-3,6H2,(H,7,8). The molecule has 2 unspecified atom stereocenters. The molecule has 2 aliphatic heterocycles. The first-order chi connectivity index (χ1) is 31.9. The highest BCUT2D eigenvalue weighted by Gasteiger charge is 2.30. The Hall–Kier alpha value is -4.45. The second-order valence-electron chi connectivity index (χ2n) is 19.4. The molecule has 8 N–H and O–H groups in total. The van der Waals surface area contributed by atoms with Crippen LogP contribution in [0, 0.1) is 0 Å². The molecule has 0 radical (unpaired) electrons. The number of sulfonamides is 1. The Labute approximate surface area is 397 Å². The number of ether oxygens (including phenoxy) is 1. The molecule has 67 heavy (non-hydrogen) atoms. The third-order valence-corrected chi connectivity index (χ3v) is 17.2. The summed E-state index contributed by atoms with van der Waals surface area (Å²) in [5, 5.41) is 22.3. The van der Waals surface area contributed by atoms with E-state index >= 15 is 0 Å². The average Bonchev–Trinajstić information content (AvgIpc) is 4.12. The van der Waals surface area contributed by atoms with E-state index in [2.05, 4.69) is 83.0 Å². The predicted molar refractivity (Wildman–Crippen MR) is 258 cm³/mol. The summed E-state index contributed by atoms with van der Waals surface area (Å²) in [5.41, 5.74) is 18.2. The van der Waals surface area contributed by atoms with E-state index in [0.29, 0.717) is 38.4 Å². The maximum absolute atomic E-state index is 12.5. The van der Waals surface area contributed by atoms with Crippen LogP contribution in [0.15, 0.2) is 22.4 Å². The molecule has 23 heteroatoms. The Bertz CT molecular complexity index is 2660. The smallest absolute Gasteiger partial charge is 0.298 e. The van der Waals surface area contributed by atoms with Crippen molar-refractivity contribution in [3.63, 3.8) is 0 Å². The van der Waals surface area contributed by atoms with Crippen molar-refractivity contribution in [2.24, 2.45) is 5.73 Å². The summed E-state index contributed by atoms with van der Waals surface area (Å²) in [6, 6.07) is 5.78. The number of nitrogens with one attached hydrogen (secondary N) is 6. The van der Waals surface area contributed by atoms with Crippen molar-refractivity contribution in [1.29, 1.82) is 0 Å². The highest BCUT2D eigenvalue weighted by atomic mass is 35.7. The summed E-state index contributed by atoms with van der Waals surface area (Å²) < 4.78 is 58.5. The minimum Gasteiger partial charge on any atom is -0.359 e. The molecule has 2 fully saturated rings. The van der Waals surface area contributed by atoms with Crippen molar-refractivity contribution in [3.8, 4) is 0 Å². The van der Waals surface area contributed by atoms with Crippen LogP contribution in [0.2, 0.25) is 25.7 Å². The van der Waals surface area contributed by atoms with Crippen LogP contribution >= 0.6 is 10.7 Å². The number of anilines is 4. The highest BCUT2D eigenvalue weighted by molar-refractivity contribution is 8.13. The summed E-state index contributed by atoms with van der Waals surface area (Å²) in [6.45, 7) is 8.30. The van der Waals surface area contributed by atoms with E-state index in [1.807, 2.05) is 0 Å². The Morgan fingerprint density at radius 3 is 1.75 bits per heavy atom. The van der Waals surface area contributed by atoms with Crippen LogP contribution < -0.4 is 31.7 Å². The maximum atomic E-state index is 12.5. The van der Waals surface area contributed by atoms with E-state index in [-0.39, 0.29) is 48.3 Å². The van der Waals surface area contributed by atoms with Crippen molar-refractivity contribution in [2.45, 2.75) is 158 Å². The number of H-pyrrole nitrogens is 1. The molecule has 2 atom stereocenters. The van der Waals surface area contributed by atoms with Gasteiger partial charge in [0.1, 0.15) is 6.73 Å². The van der Waals surface area contributed by atoms with Gasteiger partial charge < -0.3 is 31.7 Å². The molecule has 0 spiro atoms. The Balaban J connectivity index is 0.000000156. The molecule has 4 heterocycles. The largest absolute Gasteiger partial charge is 0.359 e. The van der Waals surface area contributed by atoms with Crippen LogP contribution in [0.3, 0.4) is 0 Å². The van der Waals surface area contributed by atoms with E-state index in [0.717, 1.165) is 101 Å². The number of rotatable bonds is 15. The molecule has 0 saturated carbocycles. The second-order valence-corrected chi connectivity index (χ2v) is 29.1. The van der Waals surface area contributed by atoms with Crippen molar-refractivity contribution < 1.29 is 31.2 Å². The second kappa shape index (κ2) is 20.6. The molecule has 10 rings (SSSR count). The fraction of sp³-hybridized carbons (Fsp3) is 0.591. The van der Waals surface area contributed by atoms with E-state index in [4.69, 9.17) is 21.2 Å². The number of nitrogens with zero attached hydrogens (tertiary/aromatic N) is 5. The van der Waals surface area contributed by atoms with Crippen LogP contribution in [-0.4, -0.2) is 98.4 Å². The van der Waals surface area contributed by atoms with Gasteiger partial charge >= 0.3 is 0 Å². The van der Waals surface area contributed by atoms with Gasteiger partial charge in [0.15, 0.2) is 0 Å². The summed E-state index contributed by atoms with van der Waals surface area (Å²) in [4.78, 5) is 30.1. The molecule has 2 aromatic heterocycles. The Morgan fingerprint density at radius 2 is 1.28 bits per heavy atom. The zero-order valence-electron chi connectivity index (χ0n) is 38.5. The van der Waals surface area contributed by atoms with Gasteiger partial charge in [0, 0.05) is 74.8 Å². The summed E-state index contributed by atoms with van der Waals surface area (Å²) in [7, 11) is -3.56. The third-order valence-electron chi connectivity index (χ3n) is 13.2. The number of fused-ring (bicyclic) bond motifs is 4. The van der Waals surface area contributed by atoms with Gasteiger partial charge in [-0.1, -0.05) is 31.8 Å². The van der Waals surface area contributed by atoms with E-state index in [9.17, 15) is 26.4 Å². The van der Waals surface area contributed by atoms with E-state index in [1.165, 1.54) is 49.2 Å². The van der Waals surface area contributed by atoms with Gasteiger partial charge in [-0.3, -0.25) is 9.59 Å². The van der Waals surface area contributed by atoms with Crippen molar-refractivity contribution in [2.75, 3.05) is 30.3 Å². The van der Waals surface area contributed by atoms with Crippen molar-refractivity contribution in [1.82, 2.24) is 45.3 Å². The topological polar surface area (TPSA) is 270 Å². The lowest BCUT2D eigenvalue weighted by atomic mass is 9.99. The minimum atomic E-state index is -4.03. The van der Waals surface area contributed by atoms with Crippen molar-refractivity contribution >= 4 is 72.9 Å². The van der Waals surface area contributed by atoms with Crippen LogP contribution in [0.25, 0.3) is 0 Å². The highest BCUT2D eigenvalue weighted by Crippen LogP contribution is 2.41. The van der Waals surface area contributed by atoms with Gasteiger partial charge in [-0.2, -0.15) is 9.97 Å². The number of nitrogens with two attached hydrogens (primary N) is 1. The van der Waals surface area contributed by atoms with Gasteiger partial charge in [0.25, 0.3) is 29.4 Å². The molecule has 2 aromatic carbocycles. The summed E-state index contributed by atoms with van der Waals surface area (Å²) in [5.74, 6) is 0.703. The minimum absolute atomic E-state index is 0.0525. The maximum Gasteiger partial charge on any atom is 0.298 e. The number of hydrogen-bond acceptors (Lipinski definition) is 14. The normalized spacial score (nSPS) is 19.4.